The lowest BCUT2D eigenvalue weighted by Crippen LogP contribution is -2.38. The smallest absolute Gasteiger partial charge is 0.127 e. The lowest BCUT2D eigenvalue weighted by molar-refractivity contribution is 0.236. The number of likely N-dealkylation sites (tertiary alicyclic amines) is 1. The highest BCUT2D eigenvalue weighted by molar-refractivity contribution is 5.17. The Bertz CT molecular complexity index is 403. The largest absolute Gasteiger partial charge is 0.312 e. The second-order valence-corrected chi connectivity index (χ2v) is 5.54. The van der Waals surface area contributed by atoms with Gasteiger partial charge in [0.2, 0.25) is 0 Å². The highest BCUT2D eigenvalue weighted by Gasteiger charge is 2.27. The minimum atomic E-state index is -0.0710. The number of rotatable bonds is 5. The van der Waals surface area contributed by atoms with Crippen molar-refractivity contribution in [3.05, 3.63) is 35.6 Å². The Hall–Kier alpha value is -0.930. The maximum atomic E-state index is 13.7. The summed E-state index contributed by atoms with van der Waals surface area (Å²) in [6, 6.07) is 8.49. The van der Waals surface area contributed by atoms with Gasteiger partial charge in [0.05, 0.1) is 0 Å². The van der Waals surface area contributed by atoms with Gasteiger partial charge in [0, 0.05) is 30.7 Å². The maximum Gasteiger partial charge on any atom is 0.127 e. The zero-order chi connectivity index (χ0) is 12.4. The molecule has 1 aliphatic carbocycles. The normalized spacial score (nSPS) is 24.6. The molecule has 1 aromatic carbocycles. The molecule has 0 radical (unpaired) electrons. The zero-order valence-electron chi connectivity index (χ0n) is 10.7. The van der Waals surface area contributed by atoms with Crippen LogP contribution in [0.3, 0.4) is 0 Å². The number of nitrogens with one attached hydrogen (secondary N) is 1. The van der Waals surface area contributed by atoms with Crippen LogP contribution in [0.4, 0.5) is 4.39 Å². The van der Waals surface area contributed by atoms with Crippen LogP contribution in [0.1, 0.15) is 31.2 Å². The lowest BCUT2D eigenvalue weighted by atomic mass is 10.1. The molecule has 98 valence electrons. The molecule has 1 aliphatic heterocycles. The quantitative estimate of drug-likeness (QED) is 0.861. The molecule has 0 spiro atoms. The van der Waals surface area contributed by atoms with Crippen LogP contribution in [0, 0.1) is 5.82 Å². The SMILES string of the molecule is Fc1ccccc1CN1CCCC1CNC1CC1. The fraction of sp³-hybridized carbons (Fsp3) is 0.600. The Morgan fingerprint density at radius 2 is 2.06 bits per heavy atom. The summed E-state index contributed by atoms with van der Waals surface area (Å²) in [6.45, 7) is 2.92. The van der Waals surface area contributed by atoms with Gasteiger partial charge in [-0.25, -0.2) is 4.39 Å². The van der Waals surface area contributed by atoms with Gasteiger partial charge in [-0.15, -0.1) is 0 Å². The minimum Gasteiger partial charge on any atom is -0.312 e. The first-order chi connectivity index (χ1) is 8.83. The second-order valence-electron chi connectivity index (χ2n) is 5.54. The van der Waals surface area contributed by atoms with E-state index in [-0.39, 0.29) is 5.82 Å². The van der Waals surface area contributed by atoms with Gasteiger partial charge < -0.3 is 5.32 Å². The second kappa shape index (κ2) is 5.37. The van der Waals surface area contributed by atoms with Crippen molar-refractivity contribution in [2.75, 3.05) is 13.1 Å². The molecular weight excluding hydrogens is 227 g/mol. The highest BCUT2D eigenvalue weighted by Crippen LogP contribution is 2.23. The fourth-order valence-electron chi connectivity index (χ4n) is 2.77. The van der Waals surface area contributed by atoms with Gasteiger partial charge in [-0.05, 0) is 38.3 Å². The lowest BCUT2D eigenvalue weighted by Gasteiger charge is -2.25. The van der Waals surface area contributed by atoms with E-state index in [0.717, 1.165) is 31.2 Å². The number of hydrogen-bond donors (Lipinski definition) is 1. The average Bonchev–Trinajstić information content (AvgIpc) is 3.10. The van der Waals surface area contributed by atoms with E-state index in [1.807, 2.05) is 12.1 Å². The van der Waals surface area contributed by atoms with Crippen LogP contribution in [0.25, 0.3) is 0 Å². The number of benzene rings is 1. The molecule has 1 atom stereocenters. The van der Waals surface area contributed by atoms with Crippen LogP contribution >= 0.6 is 0 Å². The summed E-state index contributed by atoms with van der Waals surface area (Å²) in [5, 5.41) is 3.59. The van der Waals surface area contributed by atoms with Crippen molar-refractivity contribution in [3.8, 4) is 0 Å². The van der Waals surface area contributed by atoms with E-state index < -0.39 is 0 Å². The van der Waals surface area contributed by atoms with Crippen LogP contribution in [0.2, 0.25) is 0 Å². The topological polar surface area (TPSA) is 15.3 Å². The molecule has 1 aromatic rings. The Balaban J connectivity index is 1.58. The van der Waals surface area contributed by atoms with Crippen molar-refractivity contribution in [1.82, 2.24) is 10.2 Å². The van der Waals surface area contributed by atoms with E-state index in [2.05, 4.69) is 10.2 Å². The molecule has 2 aliphatic rings. The van der Waals surface area contributed by atoms with Gasteiger partial charge in [-0.2, -0.15) is 0 Å². The highest BCUT2D eigenvalue weighted by atomic mass is 19.1. The number of nitrogens with zero attached hydrogens (tertiary/aromatic N) is 1. The first-order valence-corrected chi connectivity index (χ1v) is 7.04. The van der Waals surface area contributed by atoms with E-state index >= 15 is 0 Å². The molecule has 18 heavy (non-hydrogen) atoms. The molecule has 1 saturated heterocycles. The summed E-state index contributed by atoms with van der Waals surface area (Å²) in [4.78, 5) is 2.42. The Kier molecular flexibility index (Phi) is 3.62. The molecule has 1 N–H and O–H groups in total. The molecule has 1 saturated carbocycles. The number of hydrogen-bond acceptors (Lipinski definition) is 2. The molecule has 0 aromatic heterocycles. The maximum absolute atomic E-state index is 13.7. The first kappa shape index (κ1) is 12.1. The van der Waals surface area contributed by atoms with E-state index in [1.54, 1.807) is 12.1 Å². The van der Waals surface area contributed by atoms with Crippen molar-refractivity contribution in [3.63, 3.8) is 0 Å². The first-order valence-electron chi connectivity index (χ1n) is 7.04. The summed E-state index contributed by atoms with van der Waals surface area (Å²) in [5.41, 5.74) is 0.829. The minimum absolute atomic E-state index is 0.0710. The van der Waals surface area contributed by atoms with E-state index in [1.165, 1.54) is 25.7 Å². The van der Waals surface area contributed by atoms with Crippen LogP contribution in [-0.2, 0) is 6.54 Å². The molecule has 3 rings (SSSR count). The van der Waals surface area contributed by atoms with Gasteiger partial charge in [-0.3, -0.25) is 4.90 Å². The van der Waals surface area contributed by atoms with Crippen LogP contribution in [0.5, 0.6) is 0 Å². The van der Waals surface area contributed by atoms with E-state index in [4.69, 9.17) is 0 Å². The van der Waals surface area contributed by atoms with Crippen molar-refractivity contribution in [1.29, 1.82) is 0 Å². The van der Waals surface area contributed by atoms with Crippen LogP contribution < -0.4 is 5.32 Å². The monoisotopic (exact) mass is 248 g/mol. The summed E-state index contributed by atoms with van der Waals surface area (Å²) < 4.78 is 13.7. The molecule has 3 heteroatoms. The third-order valence-electron chi connectivity index (χ3n) is 4.05. The Morgan fingerprint density at radius 1 is 1.22 bits per heavy atom. The standard InChI is InChI=1S/C15H21FN2/c16-15-6-2-1-4-12(15)11-18-9-3-5-14(18)10-17-13-7-8-13/h1-2,4,6,13-14,17H,3,5,7-11H2. The van der Waals surface area contributed by atoms with Gasteiger partial charge >= 0.3 is 0 Å². The Labute approximate surface area is 108 Å². The van der Waals surface area contributed by atoms with E-state index in [0.29, 0.717) is 6.04 Å². The molecule has 2 fully saturated rings. The molecular formula is C15H21FN2. The molecule has 1 heterocycles. The molecule has 0 bridgehead atoms. The van der Waals surface area contributed by atoms with Crippen molar-refractivity contribution >= 4 is 0 Å². The molecule has 1 unspecified atom stereocenters. The van der Waals surface area contributed by atoms with Gasteiger partial charge in [0.1, 0.15) is 5.82 Å². The predicted octanol–water partition coefficient (Wildman–Crippen LogP) is 2.54. The van der Waals surface area contributed by atoms with E-state index in [9.17, 15) is 4.39 Å². The van der Waals surface area contributed by atoms with Crippen LogP contribution in [0.15, 0.2) is 24.3 Å². The van der Waals surface area contributed by atoms with Crippen LogP contribution in [-0.4, -0.2) is 30.1 Å². The van der Waals surface area contributed by atoms with Crippen molar-refractivity contribution < 1.29 is 4.39 Å². The third-order valence-corrected chi connectivity index (χ3v) is 4.05. The Morgan fingerprint density at radius 3 is 2.83 bits per heavy atom. The van der Waals surface area contributed by atoms with Crippen molar-refractivity contribution in [2.45, 2.75) is 44.3 Å². The summed E-state index contributed by atoms with van der Waals surface area (Å²) in [7, 11) is 0. The third kappa shape index (κ3) is 2.90. The average molecular weight is 248 g/mol. The zero-order valence-corrected chi connectivity index (χ0v) is 10.7. The summed E-state index contributed by atoms with van der Waals surface area (Å²) in [5.74, 6) is -0.0710. The molecule has 2 nitrogen and oxygen atoms in total. The summed E-state index contributed by atoms with van der Waals surface area (Å²) in [6.07, 6.45) is 5.15. The van der Waals surface area contributed by atoms with Gasteiger partial charge in [-0.1, -0.05) is 18.2 Å². The fourth-order valence-corrected chi connectivity index (χ4v) is 2.77. The van der Waals surface area contributed by atoms with Gasteiger partial charge in [0.25, 0.3) is 0 Å². The van der Waals surface area contributed by atoms with Crippen molar-refractivity contribution in [2.24, 2.45) is 0 Å². The number of halogens is 1. The van der Waals surface area contributed by atoms with Gasteiger partial charge in [0.15, 0.2) is 0 Å². The predicted molar refractivity (Wildman–Crippen MR) is 70.9 cm³/mol. The molecule has 0 amide bonds. The summed E-state index contributed by atoms with van der Waals surface area (Å²) >= 11 is 0.